The van der Waals surface area contributed by atoms with Crippen molar-refractivity contribution in [3.63, 3.8) is 0 Å². The summed E-state index contributed by atoms with van der Waals surface area (Å²) >= 11 is 0. The van der Waals surface area contributed by atoms with E-state index in [1.165, 1.54) is 26.7 Å². The number of rotatable bonds is 6. The van der Waals surface area contributed by atoms with Gasteiger partial charge in [-0.1, -0.05) is 110 Å². The molecule has 0 saturated heterocycles. The van der Waals surface area contributed by atoms with Gasteiger partial charge in [-0.05, 0) is 23.3 Å². The first-order valence-corrected chi connectivity index (χ1v) is 9.69. The number of hydrogen-bond donors (Lipinski definition) is 0. The van der Waals surface area contributed by atoms with Crippen LogP contribution < -0.4 is 0 Å². The highest BCUT2D eigenvalue weighted by Gasteiger charge is 1.81. The van der Waals surface area contributed by atoms with E-state index in [1.807, 2.05) is 114 Å². The SMILES string of the molecule is C.CC.CC.CC.COO/C=C/c1ccccc1.COO/C=C/c1ccccc1. The molecule has 0 bridgehead atoms. The first-order chi connectivity index (χ1) is 13.9. The van der Waals surface area contributed by atoms with E-state index in [4.69, 9.17) is 0 Å². The predicted octanol–water partition coefficient (Wildman–Crippen LogP) is 8.19. The van der Waals surface area contributed by atoms with Gasteiger partial charge in [0.1, 0.15) is 12.5 Å². The molecule has 0 N–H and O–H groups in total. The van der Waals surface area contributed by atoms with Gasteiger partial charge in [0, 0.05) is 0 Å². The fraction of sp³-hybridized carbons (Fsp3) is 0.360. The second kappa shape index (κ2) is 33.1. The maximum atomic E-state index is 4.56. The summed E-state index contributed by atoms with van der Waals surface area (Å²) in [4.78, 5) is 17.9. The van der Waals surface area contributed by atoms with Crippen LogP contribution in [0.3, 0.4) is 0 Å². The Hall–Kier alpha value is -2.56. The fourth-order valence-corrected chi connectivity index (χ4v) is 1.45. The normalized spacial score (nSPS) is 8.41. The second-order valence-corrected chi connectivity index (χ2v) is 3.95. The summed E-state index contributed by atoms with van der Waals surface area (Å²) in [5, 5.41) is 0. The van der Waals surface area contributed by atoms with Gasteiger partial charge in [0.15, 0.2) is 0 Å². The Bertz CT molecular complexity index is 486. The number of benzene rings is 2. The van der Waals surface area contributed by atoms with Crippen LogP contribution in [0.2, 0.25) is 0 Å². The van der Waals surface area contributed by atoms with E-state index in [1.54, 1.807) is 0 Å². The fourth-order valence-electron chi connectivity index (χ4n) is 1.45. The van der Waals surface area contributed by atoms with Crippen LogP contribution in [0.5, 0.6) is 0 Å². The zero-order valence-corrected chi connectivity index (χ0v) is 18.7. The molecule has 0 aliphatic rings. The molecule has 0 spiro atoms. The zero-order valence-electron chi connectivity index (χ0n) is 18.7. The van der Waals surface area contributed by atoms with Crippen LogP contribution in [0.4, 0.5) is 0 Å². The molecule has 0 atom stereocenters. The van der Waals surface area contributed by atoms with E-state index < -0.39 is 0 Å². The molecule has 4 nitrogen and oxygen atoms in total. The molecular weight excluding hydrogens is 364 g/mol. The van der Waals surface area contributed by atoms with Crippen LogP contribution >= 0.6 is 0 Å². The van der Waals surface area contributed by atoms with E-state index in [-0.39, 0.29) is 7.43 Å². The van der Waals surface area contributed by atoms with Crippen molar-refractivity contribution in [1.82, 2.24) is 0 Å². The van der Waals surface area contributed by atoms with Crippen molar-refractivity contribution in [3.8, 4) is 0 Å². The van der Waals surface area contributed by atoms with Gasteiger partial charge in [-0.25, -0.2) is 0 Å². The van der Waals surface area contributed by atoms with Gasteiger partial charge in [-0.3, -0.25) is 0 Å². The van der Waals surface area contributed by atoms with Crippen molar-refractivity contribution in [2.24, 2.45) is 0 Å². The minimum absolute atomic E-state index is 0. The highest BCUT2D eigenvalue weighted by molar-refractivity contribution is 5.47. The summed E-state index contributed by atoms with van der Waals surface area (Å²) in [5.41, 5.74) is 2.18. The van der Waals surface area contributed by atoms with E-state index in [2.05, 4.69) is 19.6 Å². The lowest BCUT2D eigenvalue weighted by atomic mass is 10.2. The zero-order chi connectivity index (χ0) is 21.9. The Kier molecular flexibility index (Phi) is 38.7. The molecule has 2 rings (SSSR count). The highest BCUT2D eigenvalue weighted by atomic mass is 17.2. The molecular formula is C25H42O4. The summed E-state index contributed by atoms with van der Waals surface area (Å²) < 4.78 is 0. The minimum atomic E-state index is 0. The standard InChI is InChI=1S/2C9H10O2.3C2H6.CH4/c2*1-10-11-8-7-9-5-3-2-4-6-9;3*1-2;/h2*2-8H,1H3;3*1-2H3;1H4/b2*8-7+;;;;. The largest absolute Gasteiger partial charge is 0.346 e. The third-order valence-electron chi connectivity index (χ3n) is 2.42. The van der Waals surface area contributed by atoms with Crippen molar-refractivity contribution in [2.75, 3.05) is 14.2 Å². The molecule has 0 aliphatic heterocycles. The monoisotopic (exact) mass is 406 g/mol. The molecule has 0 amide bonds. The van der Waals surface area contributed by atoms with Crippen molar-refractivity contribution in [1.29, 1.82) is 0 Å². The Labute approximate surface area is 179 Å². The highest BCUT2D eigenvalue weighted by Crippen LogP contribution is 2.01. The summed E-state index contributed by atoms with van der Waals surface area (Å²) in [7, 11) is 2.94. The molecule has 0 radical (unpaired) electrons. The van der Waals surface area contributed by atoms with Crippen molar-refractivity contribution in [2.45, 2.75) is 49.0 Å². The Morgan fingerprint density at radius 3 is 1.03 bits per heavy atom. The minimum Gasteiger partial charge on any atom is -0.346 e. The third kappa shape index (κ3) is 25.4. The molecule has 0 saturated carbocycles. The average Bonchev–Trinajstić information content (AvgIpc) is 2.80. The van der Waals surface area contributed by atoms with Gasteiger partial charge in [-0.15, -0.1) is 0 Å². The topological polar surface area (TPSA) is 36.9 Å². The Morgan fingerprint density at radius 2 is 0.793 bits per heavy atom. The van der Waals surface area contributed by atoms with Crippen LogP contribution in [0.1, 0.15) is 60.1 Å². The molecule has 0 unspecified atom stereocenters. The molecule has 4 heteroatoms. The molecule has 0 aliphatic carbocycles. The van der Waals surface area contributed by atoms with Crippen molar-refractivity contribution in [3.05, 3.63) is 84.3 Å². The van der Waals surface area contributed by atoms with Crippen molar-refractivity contribution >= 4 is 12.2 Å². The Morgan fingerprint density at radius 1 is 0.517 bits per heavy atom. The third-order valence-corrected chi connectivity index (χ3v) is 2.42. The second-order valence-electron chi connectivity index (χ2n) is 3.95. The maximum absolute atomic E-state index is 4.56. The van der Waals surface area contributed by atoms with E-state index >= 15 is 0 Å². The smallest absolute Gasteiger partial charge is 0.130 e. The summed E-state index contributed by atoms with van der Waals surface area (Å²) in [6.45, 7) is 12.0. The van der Waals surface area contributed by atoms with Crippen LogP contribution in [-0.2, 0) is 19.6 Å². The molecule has 2 aromatic carbocycles. The lowest BCUT2D eigenvalue weighted by Gasteiger charge is -1.91. The van der Waals surface area contributed by atoms with E-state index in [0.29, 0.717) is 0 Å². The molecule has 0 aromatic heterocycles. The summed E-state index contributed by atoms with van der Waals surface area (Å²) in [6.07, 6.45) is 6.64. The lowest BCUT2D eigenvalue weighted by molar-refractivity contribution is -0.221. The summed E-state index contributed by atoms with van der Waals surface area (Å²) in [5.74, 6) is 0. The Balaban J connectivity index is -0.000000167. The average molecular weight is 407 g/mol. The molecule has 29 heavy (non-hydrogen) atoms. The van der Waals surface area contributed by atoms with E-state index in [9.17, 15) is 0 Å². The first kappa shape index (κ1) is 34.0. The van der Waals surface area contributed by atoms with Gasteiger partial charge in [0.05, 0.1) is 14.2 Å². The maximum Gasteiger partial charge on any atom is 0.130 e. The number of hydrogen-bond acceptors (Lipinski definition) is 4. The predicted molar refractivity (Wildman–Crippen MR) is 128 cm³/mol. The summed E-state index contributed by atoms with van der Waals surface area (Å²) in [6, 6.07) is 19.7. The van der Waals surface area contributed by atoms with Gasteiger partial charge in [0.2, 0.25) is 0 Å². The van der Waals surface area contributed by atoms with Crippen LogP contribution in [0.25, 0.3) is 12.2 Å². The molecule has 2 aromatic rings. The van der Waals surface area contributed by atoms with Crippen LogP contribution in [-0.4, -0.2) is 14.2 Å². The van der Waals surface area contributed by atoms with Crippen LogP contribution in [0, 0.1) is 0 Å². The van der Waals surface area contributed by atoms with Gasteiger partial charge in [-0.2, -0.15) is 9.78 Å². The first-order valence-electron chi connectivity index (χ1n) is 9.69. The van der Waals surface area contributed by atoms with Gasteiger partial charge < -0.3 is 9.78 Å². The molecule has 0 heterocycles. The van der Waals surface area contributed by atoms with Crippen molar-refractivity contribution < 1.29 is 19.6 Å². The quantitative estimate of drug-likeness (QED) is 0.275. The molecule has 0 fully saturated rings. The van der Waals surface area contributed by atoms with Gasteiger partial charge in [0.25, 0.3) is 0 Å². The van der Waals surface area contributed by atoms with Gasteiger partial charge >= 0.3 is 0 Å². The van der Waals surface area contributed by atoms with Crippen LogP contribution in [0.15, 0.2) is 73.2 Å². The lowest BCUT2D eigenvalue weighted by Crippen LogP contribution is -1.75. The molecule has 166 valence electrons. The van der Waals surface area contributed by atoms with E-state index in [0.717, 1.165) is 11.1 Å².